The molecule has 0 aliphatic carbocycles. The van der Waals surface area contributed by atoms with Gasteiger partial charge in [0.1, 0.15) is 6.17 Å². The summed E-state index contributed by atoms with van der Waals surface area (Å²) < 4.78 is 0. The predicted molar refractivity (Wildman–Crippen MR) is 121 cm³/mol. The third kappa shape index (κ3) is 3.43. The number of nitrogens with zero attached hydrogens (tertiary/aromatic N) is 2. The molecule has 0 fully saturated rings. The van der Waals surface area contributed by atoms with E-state index in [2.05, 4.69) is 5.32 Å². The SMILES string of the molecule is O=C(CCCN1C(=O)c2ccccc2N2C(=O)c3ccccc3[C@H]12)NCc1ccccc1. The first-order chi connectivity index (χ1) is 15.6. The molecular weight excluding hydrogens is 402 g/mol. The second-order valence-electron chi connectivity index (χ2n) is 8.02. The van der Waals surface area contributed by atoms with E-state index in [4.69, 9.17) is 0 Å². The lowest BCUT2D eigenvalue weighted by molar-refractivity contribution is -0.121. The smallest absolute Gasteiger partial charge is 0.260 e. The topological polar surface area (TPSA) is 69.7 Å². The Morgan fingerprint density at radius 1 is 0.812 bits per heavy atom. The molecule has 0 spiro atoms. The van der Waals surface area contributed by atoms with Crippen molar-refractivity contribution in [1.82, 2.24) is 10.2 Å². The highest BCUT2D eigenvalue weighted by molar-refractivity contribution is 6.16. The van der Waals surface area contributed by atoms with Crippen LogP contribution in [0, 0.1) is 0 Å². The van der Waals surface area contributed by atoms with E-state index in [1.807, 2.05) is 60.7 Å². The zero-order valence-corrected chi connectivity index (χ0v) is 17.5. The van der Waals surface area contributed by atoms with Gasteiger partial charge in [0.15, 0.2) is 0 Å². The first-order valence-electron chi connectivity index (χ1n) is 10.8. The first kappa shape index (κ1) is 20.0. The molecule has 2 aliphatic rings. The Morgan fingerprint density at radius 2 is 1.50 bits per heavy atom. The van der Waals surface area contributed by atoms with E-state index < -0.39 is 6.17 Å². The third-order valence-electron chi connectivity index (χ3n) is 6.02. The molecular formula is C26H23N3O3. The van der Waals surface area contributed by atoms with Crippen molar-refractivity contribution in [2.24, 2.45) is 0 Å². The van der Waals surface area contributed by atoms with Gasteiger partial charge in [-0.2, -0.15) is 0 Å². The standard InChI is InChI=1S/C26H23N3O3/c30-23(27-17-18-9-2-1-3-10-18)15-8-16-28-24-19-11-4-5-12-20(19)26(32)29(24)22-14-7-6-13-21(22)25(28)31/h1-7,9-14,24H,8,15-17H2,(H,27,30)/t24-/m1/s1. The van der Waals surface area contributed by atoms with Crippen LogP contribution in [0.25, 0.3) is 0 Å². The fourth-order valence-corrected chi connectivity index (χ4v) is 4.49. The summed E-state index contributed by atoms with van der Waals surface area (Å²) in [6, 6.07) is 24.4. The lowest BCUT2D eigenvalue weighted by Gasteiger charge is -2.41. The van der Waals surface area contributed by atoms with Gasteiger partial charge in [0.05, 0.1) is 11.3 Å². The van der Waals surface area contributed by atoms with E-state index in [9.17, 15) is 14.4 Å². The van der Waals surface area contributed by atoms with Crippen molar-refractivity contribution in [3.05, 3.63) is 101 Å². The molecule has 6 heteroatoms. The molecule has 0 saturated heterocycles. The normalized spacial score (nSPS) is 16.4. The zero-order valence-electron chi connectivity index (χ0n) is 17.5. The van der Waals surface area contributed by atoms with Gasteiger partial charge in [-0.1, -0.05) is 60.7 Å². The van der Waals surface area contributed by atoms with Crippen LogP contribution in [0.1, 0.15) is 50.9 Å². The van der Waals surface area contributed by atoms with Crippen LogP contribution in [0.3, 0.4) is 0 Å². The second-order valence-corrected chi connectivity index (χ2v) is 8.02. The van der Waals surface area contributed by atoms with E-state index in [1.165, 1.54) is 0 Å². The van der Waals surface area contributed by atoms with Gasteiger partial charge < -0.3 is 10.2 Å². The molecule has 160 valence electrons. The van der Waals surface area contributed by atoms with Crippen LogP contribution in [0.15, 0.2) is 78.9 Å². The van der Waals surface area contributed by atoms with Crippen molar-refractivity contribution in [3.8, 4) is 0 Å². The maximum absolute atomic E-state index is 13.3. The van der Waals surface area contributed by atoms with Crippen LogP contribution in [0.5, 0.6) is 0 Å². The minimum absolute atomic E-state index is 0.0570. The second kappa shape index (κ2) is 8.30. The number of anilines is 1. The monoisotopic (exact) mass is 425 g/mol. The van der Waals surface area contributed by atoms with E-state index in [-0.39, 0.29) is 17.7 Å². The number of hydrogen-bond donors (Lipinski definition) is 1. The molecule has 32 heavy (non-hydrogen) atoms. The number of carbonyl (C=O) groups excluding carboxylic acids is 3. The maximum atomic E-state index is 13.3. The van der Waals surface area contributed by atoms with Crippen LogP contribution in [0.4, 0.5) is 5.69 Å². The number of benzene rings is 3. The molecule has 6 nitrogen and oxygen atoms in total. The highest BCUT2D eigenvalue weighted by Crippen LogP contribution is 2.45. The van der Waals surface area contributed by atoms with E-state index >= 15 is 0 Å². The number of para-hydroxylation sites is 1. The molecule has 3 aromatic carbocycles. The largest absolute Gasteiger partial charge is 0.352 e. The average Bonchev–Trinajstić information content (AvgIpc) is 3.13. The molecule has 3 aromatic rings. The van der Waals surface area contributed by atoms with Gasteiger partial charge in [0.25, 0.3) is 11.8 Å². The van der Waals surface area contributed by atoms with Crippen molar-refractivity contribution in [1.29, 1.82) is 0 Å². The van der Waals surface area contributed by atoms with E-state index in [0.29, 0.717) is 42.7 Å². The summed E-state index contributed by atoms with van der Waals surface area (Å²) in [6.45, 7) is 0.864. The number of hydrogen-bond acceptors (Lipinski definition) is 3. The van der Waals surface area contributed by atoms with Crippen molar-refractivity contribution in [2.45, 2.75) is 25.6 Å². The molecule has 1 atom stereocenters. The lowest BCUT2D eigenvalue weighted by atomic mass is 10.0. The van der Waals surface area contributed by atoms with Gasteiger partial charge in [-0.15, -0.1) is 0 Å². The van der Waals surface area contributed by atoms with Crippen molar-refractivity contribution < 1.29 is 14.4 Å². The molecule has 0 unspecified atom stereocenters. The van der Waals surface area contributed by atoms with Gasteiger partial charge in [-0.25, -0.2) is 0 Å². The summed E-state index contributed by atoms with van der Waals surface area (Å²) in [5.74, 6) is -0.273. The fourth-order valence-electron chi connectivity index (χ4n) is 4.49. The van der Waals surface area contributed by atoms with Gasteiger partial charge in [-0.05, 0) is 30.2 Å². The lowest BCUT2D eigenvalue weighted by Crippen LogP contribution is -2.48. The average molecular weight is 425 g/mol. The summed E-state index contributed by atoms with van der Waals surface area (Å²) in [7, 11) is 0. The third-order valence-corrected chi connectivity index (χ3v) is 6.02. The predicted octanol–water partition coefficient (Wildman–Crippen LogP) is 3.90. The maximum Gasteiger partial charge on any atom is 0.260 e. The first-order valence-corrected chi connectivity index (χ1v) is 10.8. The Bertz CT molecular complexity index is 1190. The molecule has 0 saturated carbocycles. The van der Waals surface area contributed by atoms with Gasteiger partial charge in [0, 0.05) is 30.6 Å². The van der Waals surface area contributed by atoms with Gasteiger partial charge >= 0.3 is 0 Å². The van der Waals surface area contributed by atoms with Crippen molar-refractivity contribution in [3.63, 3.8) is 0 Å². The molecule has 1 N–H and O–H groups in total. The Morgan fingerprint density at radius 3 is 2.31 bits per heavy atom. The number of amides is 3. The Balaban J connectivity index is 1.33. The van der Waals surface area contributed by atoms with Crippen LogP contribution in [0.2, 0.25) is 0 Å². The molecule has 0 aromatic heterocycles. The van der Waals surface area contributed by atoms with Gasteiger partial charge in [0.2, 0.25) is 5.91 Å². The van der Waals surface area contributed by atoms with Crippen LogP contribution < -0.4 is 10.2 Å². The van der Waals surface area contributed by atoms with E-state index in [0.717, 1.165) is 11.1 Å². The highest BCUT2D eigenvalue weighted by Gasteiger charge is 2.47. The highest BCUT2D eigenvalue weighted by atomic mass is 16.2. The summed E-state index contributed by atoms with van der Waals surface area (Å²) in [6.07, 6.45) is 0.337. The molecule has 0 radical (unpaired) electrons. The fraction of sp³-hybridized carbons (Fsp3) is 0.192. The minimum Gasteiger partial charge on any atom is -0.352 e. The number of rotatable bonds is 6. The van der Waals surface area contributed by atoms with Crippen LogP contribution >= 0.6 is 0 Å². The molecule has 2 aliphatic heterocycles. The zero-order chi connectivity index (χ0) is 22.1. The summed E-state index contributed by atoms with van der Waals surface area (Å²) in [5, 5.41) is 2.93. The Kier molecular flexibility index (Phi) is 5.19. The number of fused-ring (bicyclic) bond motifs is 5. The van der Waals surface area contributed by atoms with Crippen molar-refractivity contribution in [2.75, 3.05) is 11.4 Å². The molecule has 2 heterocycles. The number of nitrogens with one attached hydrogen (secondary N) is 1. The Hall–Kier alpha value is -3.93. The Labute approximate surface area is 186 Å². The van der Waals surface area contributed by atoms with Gasteiger partial charge in [-0.3, -0.25) is 19.3 Å². The molecule has 0 bridgehead atoms. The summed E-state index contributed by atoms with van der Waals surface area (Å²) in [4.78, 5) is 42.3. The number of carbonyl (C=O) groups is 3. The summed E-state index contributed by atoms with van der Waals surface area (Å²) >= 11 is 0. The summed E-state index contributed by atoms with van der Waals surface area (Å²) in [5.41, 5.74) is 3.64. The molecule has 5 rings (SSSR count). The van der Waals surface area contributed by atoms with Crippen LogP contribution in [-0.4, -0.2) is 29.2 Å². The quantitative estimate of drug-likeness (QED) is 0.651. The minimum atomic E-state index is -0.478. The van der Waals surface area contributed by atoms with Crippen molar-refractivity contribution >= 4 is 23.4 Å². The molecule has 3 amide bonds. The van der Waals surface area contributed by atoms with Crippen LogP contribution in [-0.2, 0) is 11.3 Å². The van der Waals surface area contributed by atoms with E-state index in [1.54, 1.807) is 28.0 Å².